The second kappa shape index (κ2) is 7.02. The first-order valence-corrected chi connectivity index (χ1v) is 7.17. The molecule has 22 heavy (non-hydrogen) atoms. The molecule has 0 saturated carbocycles. The molecule has 0 fully saturated rings. The summed E-state index contributed by atoms with van der Waals surface area (Å²) in [5.74, 6) is -0.339. The zero-order valence-electron chi connectivity index (χ0n) is 12.9. The van der Waals surface area contributed by atoms with Crippen molar-refractivity contribution in [1.82, 2.24) is 4.98 Å². The molecule has 5 heteroatoms. The molecule has 2 aromatic rings. The number of nitrogens with one attached hydrogen (secondary N) is 1. The molecule has 0 spiro atoms. The number of carbonyl (C=O) groups is 1. The molecule has 1 heterocycles. The molecule has 0 bridgehead atoms. The van der Waals surface area contributed by atoms with Gasteiger partial charge in [-0.15, -0.1) is 0 Å². The lowest BCUT2D eigenvalue weighted by Crippen LogP contribution is -2.15. The highest BCUT2D eigenvalue weighted by Crippen LogP contribution is 2.24. The normalized spacial score (nSPS) is 11.8. The topological polar surface area (TPSA) is 51.2 Å². The number of carbonyl (C=O) groups excluding carboxylic acids is 1. The van der Waals surface area contributed by atoms with Gasteiger partial charge in [0.25, 0.3) is 0 Å². The SMILES string of the molecule is CCC(C)Nc1cc(C(=O)OC)cc(-c2ccccc2F)n1. The number of aromatic nitrogens is 1. The Morgan fingerprint density at radius 2 is 2.09 bits per heavy atom. The van der Waals surface area contributed by atoms with Gasteiger partial charge < -0.3 is 10.1 Å². The molecule has 0 radical (unpaired) electrons. The van der Waals surface area contributed by atoms with Gasteiger partial charge in [-0.25, -0.2) is 14.2 Å². The molecule has 0 aliphatic rings. The Balaban J connectivity index is 2.51. The molecule has 1 N–H and O–H groups in total. The summed E-state index contributed by atoms with van der Waals surface area (Å²) in [5.41, 5.74) is 1.08. The second-order valence-corrected chi connectivity index (χ2v) is 5.05. The number of halogens is 1. The Kier molecular flexibility index (Phi) is 5.09. The number of nitrogens with zero attached hydrogens (tertiary/aromatic N) is 1. The van der Waals surface area contributed by atoms with Crippen LogP contribution in [0.2, 0.25) is 0 Å². The van der Waals surface area contributed by atoms with Crippen molar-refractivity contribution >= 4 is 11.8 Å². The lowest BCUT2D eigenvalue weighted by Gasteiger charge is -2.14. The summed E-state index contributed by atoms with van der Waals surface area (Å²) in [6, 6.07) is 9.67. The lowest BCUT2D eigenvalue weighted by molar-refractivity contribution is 0.0600. The third-order valence-corrected chi connectivity index (χ3v) is 3.40. The van der Waals surface area contributed by atoms with Crippen LogP contribution in [-0.4, -0.2) is 24.1 Å². The van der Waals surface area contributed by atoms with Gasteiger partial charge in [0.1, 0.15) is 11.6 Å². The summed E-state index contributed by atoms with van der Waals surface area (Å²) in [4.78, 5) is 16.2. The highest BCUT2D eigenvalue weighted by atomic mass is 19.1. The molecule has 1 unspecified atom stereocenters. The minimum atomic E-state index is -0.479. The molecule has 0 saturated heterocycles. The fraction of sp³-hybridized carbons (Fsp3) is 0.294. The third-order valence-electron chi connectivity index (χ3n) is 3.40. The van der Waals surface area contributed by atoms with E-state index in [1.165, 1.54) is 19.2 Å². The van der Waals surface area contributed by atoms with E-state index in [1.54, 1.807) is 24.3 Å². The van der Waals surface area contributed by atoms with E-state index in [0.29, 0.717) is 22.6 Å². The van der Waals surface area contributed by atoms with Crippen molar-refractivity contribution in [2.24, 2.45) is 0 Å². The average molecular weight is 302 g/mol. The van der Waals surface area contributed by atoms with Crippen molar-refractivity contribution in [1.29, 1.82) is 0 Å². The highest BCUT2D eigenvalue weighted by molar-refractivity contribution is 5.91. The van der Waals surface area contributed by atoms with Crippen molar-refractivity contribution in [3.05, 3.63) is 47.8 Å². The summed E-state index contributed by atoms with van der Waals surface area (Å²) in [5, 5.41) is 3.20. The zero-order chi connectivity index (χ0) is 16.1. The maximum atomic E-state index is 14.0. The van der Waals surface area contributed by atoms with Crippen LogP contribution in [0, 0.1) is 5.82 Å². The first-order chi connectivity index (χ1) is 10.5. The van der Waals surface area contributed by atoms with Crippen LogP contribution in [0.15, 0.2) is 36.4 Å². The van der Waals surface area contributed by atoms with Crippen molar-refractivity contribution in [3.63, 3.8) is 0 Å². The Hall–Kier alpha value is -2.43. The van der Waals surface area contributed by atoms with Crippen LogP contribution in [0.25, 0.3) is 11.3 Å². The molecule has 0 aliphatic heterocycles. The number of esters is 1. The van der Waals surface area contributed by atoms with Crippen LogP contribution in [0.5, 0.6) is 0 Å². The Morgan fingerprint density at radius 1 is 1.36 bits per heavy atom. The Bertz CT molecular complexity index is 673. The predicted octanol–water partition coefficient (Wildman–Crippen LogP) is 3.88. The maximum Gasteiger partial charge on any atom is 0.338 e. The van der Waals surface area contributed by atoms with E-state index in [-0.39, 0.29) is 11.9 Å². The Labute approximate surface area is 129 Å². The van der Waals surface area contributed by atoms with Crippen LogP contribution in [0.1, 0.15) is 30.6 Å². The van der Waals surface area contributed by atoms with E-state index < -0.39 is 5.97 Å². The summed E-state index contributed by atoms with van der Waals surface area (Å²) in [6.45, 7) is 4.05. The first-order valence-electron chi connectivity index (χ1n) is 7.17. The molecule has 1 aromatic heterocycles. The Morgan fingerprint density at radius 3 is 2.73 bits per heavy atom. The van der Waals surface area contributed by atoms with E-state index >= 15 is 0 Å². The highest BCUT2D eigenvalue weighted by Gasteiger charge is 2.14. The molecule has 0 amide bonds. The van der Waals surface area contributed by atoms with Crippen LogP contribution in [0.3, 0.4) is 0 Å². The summed E-state index contributed by atoms with van der Waals surface area (Å²) in [6.07, 6.45) is 0.902. The number of benzene rings is 1. The zero-order valence-corrected chi connectivity index (χ0v) is 12.9. The van der Waals surface area contributed by atoms with Gasteiger partial charge in [-0.2, -0.15) is 0 Å². The van der Waals surface area contributed by atoms with Gasteiger partial charge in [0.2, 0.25) is 0 Å². The van der Waals surface area contributed by atoms with Gasteiger partial charge in [-0.3, -0.25) is 0 Å². The quantitative estimate of drug-likeness (QED) is 0.851. The molecular formula is C17H19FN2O2. The van der Waals surface area contributed by atoms with E-state index in [2.05, 4.69) is 10.3 Å². The standard InChI is InChI=1S/C17H19FN2O2/c1-4-11(2)19-16-10-12(17(21)22-3)9-15(20-16)13-7-5-6-8-14(13)18/h5-11H,4H2,1-3H3,(H,19,20). The number of methoxy groups -OCH3 is 1. The van der Waals surface area contributed by atoms with E-state index in [4.69, 9.17) is 4.74 Å². The van der Waals surface area contributed by atoms with Crippen LogP contribution in [0.4, 0.5) is 10.2 Å². The maximum absolute atomic E-state index is 14.0. The summed E-state index contributed by atoms with van der Waals surface area (Å²) >= 11 is 0. The molecule has 2 rings (SSSR count). The number of anilines is 1. The van der Waals surface area contributed by atoms with Crippen LogP contribution >= 0.6 is 0 Å². The minimum Gasteiger partial charge on any atom is -0.465 e. The van der Waals surface area contributed by atoms with Gasteiger partial charge in [-0.05, 0) is 37.6 Å². The van der Waals surface area contributed by atoms with Crippen molar-refractivity contribution in [2.75, 3.05) is 12.4 Å². The van der Waals surface area contributed by atoms with Gasteiger partial charge in [-0.1, -0.05) is 19.1 Å². The largest absolute Gasteiger partial charge is 0.465 e. The lowest BCUT2D eigenvalue weighted by atomic mass is 10.1. The number of hydrogen-bond donors (Lipinski definition) is 1. The van der Waals surface area contributed by atoms with E-state index in [1.807, 2.05) is 13.8 Å². The second-order valence-electron chi connectivity index (χ2n) is 5.05. The van der Waals surface area contributed by atoms with Crippen molar-refractivity contribution in [2.45, 2.75) is 26.3 Å². The minimum absolute atomic E-state index is 0.189. The van der Waals surface area contributed by atoms with Gasteiger partial charge in [0.05, 0.1) is 18.4 Å². The van der Waals surface area contributed by atoms with Crippen LogP contribution in [-0.2, 0) is 4.74 Å². The van der Waals surface area contributed by atoms with Gasteiger partial charge in [0, 0.05) is 11.6 Å². The molecule has 0 aliphatic carbocycles. The fourth-order valence-electron chi connectivity index (χ4n) is 2.00. The van der Waals surface area contributed by atoms with E-state index in [9.17, 15) is 9.18 Å². The number of rotatable bonds is 5. The smallest absolute Gasteiger partial charge is 0.338 e. The number of hydrogen-bond acceptors (Lipinski definition) is 4. The molecule has 1 atom stereocenters. The fourth-order valence-corrected chi connectivity index (χ4v) is 2.00. The summed E-state index contributed by atoms with van der Waals surface area (Å²) in [7, 11) is 1.31. The first kappa shape index (κ1) is 15.9. The van der Waals surface area contributed by atoms with Crippen LogP contribution < -0.4 is 5.32 Å². The monoisotopic (exact) mass is 302 g/mol. The van der Waals surface area contributed by atoms with Crippen molar-refractivity contribution < 1.29 is 13.9 Å². The average Bonchev–Trinajstić information content (AvgIpc) is 2.54. The van der Waals surface area contributed by atoms with Gasteiger partial charge in [0.15, 0.2) is 0 Å². The molecule has 4 nitrogen and oxygen atoms in total. The summed E-state index contributed by atoms with van der Waals surface area (Å²) < 4.78 is 18.7. The predicted molar refractivity (Wildman–Crippen MR) is 84.3 cm³/mol. The van der Waals surface area contributed by atoms with Crippen molar-refractivity contribution in [3.8, 4) is 11.3 Å². The number of ether oxygens (including phenoxy) is 1. The van der Waals surface area contributed by atoms with Gasteiger partial charge >= 0.3 is 5.97 Å². The third kappa shape index (κ3) is 3.61. The molecular weight excluding hydrogens is 283 g/mol. The molecule has 116 valence electrons. The van der Waals surface area contributed by atoms with E-state index in [0.717, 1.165) is 6.42 Å². The number of pyridine rings is 1. The molecule has 1 aromatic carbocycles.